The number of hydrogen-bond donors (Lipinski definition) is 2. The number of amides is 1. The van der Waals surface area contributed by atoms with E-state index in [4.69, 9.17) is 4.42 Å². The number of likely N-dealkylation sites (tertiary alicyclic amines) is 1. The number of hydrogen-bond acceptors (Lipinski definition) is 5. The Balaban J connectivity index is 1.82. The minimum absolute atomic E-state index is 0.131. The average molecular weight is 394 g/mol. The fourth-order valence-electron chi connectivity index (χ4n) is 3.84. The van der Waals surface area contributed by atoms with Crippen LogP contribution in [0.4, 0.5) is 0 Å². The molecule has 1 saturated heterocycles. The molecule has 0 spiro atoms. The van der Waals surface area contributed by atoms with Gasteiger partial charge in [-0.2, -0.15) is 0 Å². The Hall–Kier alpha value is -2.99. The summed E-state index contributed by atoms with van der Waals surface area (Å²) < 4.78 is 6.08. The largest absolute Gasteiger partial charge is 0.508 e. The van der Waals surface area contributed by atoms with Crippen LogP contribution < -0.4 is 0 Å². The zero-order chi connectivity index (χ0) is 20.5. The molecule has 29 heavy (non-hydrogen) atoms. The summed E-state index contributed by atoms with van der Waals surface area (Å²) in [6, 6.07) is 9.88. The van der Waals surface area contributed by atoms with Gasteiger partial charge in [-0.15, -0.1) is 0 Å². The van der Waals surface area contributed by atoms with Crippen molar-refractivity contribution in [3.8, 4) is 22.8 Å². The van der Waals surface area contributed by atoms with Gasteiger partial charge in [-0.1, -0.05) is 0 Å². The maximum atomic E-state index is 13.1. The van der Waals surface area contributed by atoms with Crippen LogP contribution in [-0.2, 0) is 6.42 Å². The Morgan fingerprint density at radius 1 is 1.10 bits per heavy atom. The van der Waals surface area contributed by atoms with Gasteiger partial charge in [-0.05, 0) is 74.8 Å². The molecule has 1 aliphatic heterocycles. The highest BCUT2D eigenvalue weighted by molar-refractivity contribution is 6.12. The Morgan fingerprint density at radius 2 is 1.83 bits per heavy atom. The molecule has 0 radical (unpaired) electrons. The third-order valence-corrected chi connectivity index (χ3v) is 5.48. The van der Waals surface area contributed by atoms with Crippen molar-refractivity contribution in [3.05, 3.63) is 47.5 Å². The predicted octanol–water partition coefficient (Wildman–Crippen LogP) is 3.85. The molecule has 1 fully saturated rings. The first-order chi connectivity index (χ1) is 13.9. The predicted molar refractivity (Wildman–Crippen MR) is 112 cm³/mol. The van der Waals surface area contributed by atoms with E-state index in [2.05, 4.69) is 4.90 Å². The molecule has 0 atom stereocenters. The second kappa shape index (κ2) is 7.79. The molecule has 0 bridgehead atoms. The lowest BCUT2D eigenvalue weighted by Crippen LogP contribution is -2.37. The van der Waals surface area contributed by atoms with E-state index in [-0.39, 0.29) is 17.4 Å². The van der Waals surface area contributed by atoms with Crippen molar-refractivity contribution in [1.29, 1.82) is 0 Å². The van der Waals surface area contributed by atoms with Crippen molar-refractivity contribution < 1.29 is 19.4 Å². The maximum absolute atomic E-state index is 13.1. The van der Waals surface area contributed by atoms with Crippen LogP contribution in [0.2, 0.25) is 0 Å². The summed E-state index contributed by atoms with van der Waals surface area (Å²) in [6.07, 6.45) is 2.97. The number of aromatic hydroxyl groups is 2. The Labute approximate surface area is 170 Å². The highest BCUT2D eigenvalue weighted by Gasteiger charge is 2.26. The number of benzene rings is 2. The van der Waals surface area contributed by atoms with Crippen LogP contribution in [-0.4, -0.2) is 59.6 Å². The van der Waals surface area contributed by atoms with Crippen molar-refractivity contribution in [1.82, 2.24) is 9.80 Å². The van der Waals surface area contributed by atoms with Crippen LogP contribution in [0.3, 0.4) is 0 Å². The molecule has 2 heterocycles. The van der Waals surface area contributed by atoms with Gasteiger partial charge in [0.05, 0.1) is 5.56 Å². The third-order valence-electron chi connectivity index (χ3n) is 5.48. The number of phenols is 2. The number of rotatable bonds is 6. The molecule has 1 aromatic heterocycles. The quantitative estimate of drug-likeness (QED) is 0.664. The van der Waals surface area contributed by atoms with Gasteiger partial charge in [0.1, 0.15) is 22.8 Å². The van der Waals surface area contributed by atoms with Gasteiger partial charge in [-0.25, -0.2) is 0 Å². The third kappa shape index (κ3) is 3.80. The average Bonchev–Trinajstić information content (AvgIpc) is 3.02. The molecule has 2 aromatic carbocycles. The highest BCUT2D eigenvalue weighted by Crippen LogP contribution is 2.39. The molecule has 6 heteroatoms. The first-order valence-electron chi connectivity index (χ1n) is 9.96. The molecule has 152 valence electrons. The molecule has 0 aliphatic carbocycles. The highest BCUT2D eigenvalue weighted by atomic mass is 16.3. The molecule has 1 amide bonds. The summed E-state index contributed by atoms with van der Waals surface area (Å²) in [5, 5.41) is 20.6. The zero-order valence-corrected chi connectivity index (χ0v) is 16.8. The maximum Gasteiger partial charge on any atom is 0.257 e. The van der Waals surface area contributed by atoms with E-state index in [1.807, 2.05) is 0 Å². The van der Waals surface area contributed by atoms with E-state index in [1.165, 1.54) is 11.3 Å². The van der Waals surface area contributed by atoms with Gasteiger partial charge in [0.2, 0.25) is 0 Å². The summed E-state index contributed by atoms with van der Waals surface area (Å²) in [4.78, 5) is 17.0. The van der Waals surface area contributed by atoms with Crippen molar-refractivity contribution in [3.63, 3.8) is 0 Å². The Bertz CT molecular complexity index is 1030. The smallest absolute Gasteiger partial charge is 0.257 e. The summed E-state index contributed by atoms with van der Waals surface area (Å²) in [5.74, 6) is 0.579. The van der Waals surface area contributed by atoms with Gasteiger partial charge in [-0.3, -0.25) is 4.79 Å². The van der Waals surface area contributed by atoms with E-state index >= 15 is 0 Å². The van der Waals surface area contributed by atoms with E-state index < -0.39 is 0 Å². The van der Waals surface area contributed by atoms with Crippen LogP contribution in [0.15, 0.2) is 40.8 Å². The molecular formula is C23H26N2O4. The Morgan fingerprint density at radius 3 is 2.45 bits per heavy atom. The zero-order valence-electron chi connectivity index (χ0n) is 16.8. The SMILES string of the molecule is CN(C)C(=O)c1c(-c2ccc(O)cc2)oc2cc(O)cc(CCCN3CCC3)c12. The van der Waals surface area contributed by atoms with E-state index in [9.17, 15) is 15.0 Å². The summed E-state index contributed by atoms with van der Waals surface area (Å²) >= 11 is 0. The minimum Gasteiger partial charge on any atom is -0.508 e. The number of nitrogens with zero attached hydrogens (tertiary/aromatic N) is 2. The number of furan rings is 1. The minimum atomic E-state index is -0.151. The lowest BCUT2D eigenvalue weighted by Gasteiger charge is -2.30. The van der Waals surface area contributed by atoms with Crippen LogP contribution in [0.25, 0.3) is 22.3 Å². The van der Waals surface area contributed by atoms with Gasteiger partial charge in [0.25, 0.3) is 5.91 Å². The van der Waals surface area contributed by atoms with Crippen molar-refractivity contribution >= 4 is 16.9 Å². The van der Waals surface area contributed by atoms with Gasteiger partial charge >= 0.3 is 0 Å². The Kier molecular flexibility index (Phi) is 5.20. The molecule has 4 rings (SSSR count). The lowest BCUT2D eigenvalue weighted by atomic mass is 9.97. The molecule has 0 saturated carbocycles. The van der Waals surface area contributed by atoms with Crippen LogP contribution in [0, 0.1) is 0 Å². The fraction of sp³-hybridized carbons (Fsp3) is 0.348. The van der Waals surface area contributed by atoms with Gasteiger partial charge in [0.15, 0.2) is 0 Å². The number of carbonyl (C=O) groups is 1. The monoisotopic (exact) mass is 394 g/mol. The standard InChI is InChI=1S/C23H26N2O4/c1-24(2)23(28)21-20-16(5-3-10-25-11-4-12-25)13-18(27)14-19(20)29-22(21)15-6-8-17(26)9-7-15/h6-9,13-14,26-27H,3-5,10-12H2,1-2H3. The number of fused-ring (bicyclic) bond motifs is 1. The number of carbonyl (C=O) groups excluding carboxylic acids is 1. The van der Waals surface area contributed by atoms with Crippen molar-refractivity contribution in [2.24, 2.45) is 0 Å². The molecule has 0 unspecified atom stereocenters. The van der Waals surface area contributed by atoms with E-state index in [1.54, 1.807) is 50.5 Å². The van der Waals surface area contributed by atoms with Crippen LogP contribution in [0.5, 0.6) is 11.5 Å². The lowest BCUT2D eigenvalue weighted by molar-refractivity contribution is 0.0829. The molecule has 1 aliphatic rings. The molecule has 6 nitrogen and oxygen atoms in total. The van der Waals surface area contributed by atoms with Gasteiger partial charge < -0.3 is 24.4 Å². The van der Waals surface area contributed by atoms with Crippen LogP contribution >= 0.6 is 0 Å². The summed E-state index contributed by atoms with van der Waals surface area (Å²) in [7, 11) is 3.43. The summed E-state index contributed by atoms with van der Waals surface area (Å²) in [6.45, 7) is 3.31. The van der Waals surface area contributed by atoms with Crippen molar-refractivity contribution in [2.45, 2.75) is 19.3 Å². The second-order valence-electron chi connectivity index (χ2n) is 7.83. The first-order valence-corrected chi connectivity index (χ1v) is 9.96. The topological polar surface area (TPSA) is 77.2 Å². The van der Waals surface area contributed by atoms with Crippen LogP contribution in [0.1, 0.15) is 28.8 Å². The van der Waals surface area contributed by atoms with E-state index in [0.29, 0.717) is 22.5 Å². The number of phenolic OH excluding ortho intramolecular Hbond substituents is 2. The van der Waals surface area contributed by atoms with Gasteiger partial charge in [0, 0.05) is 31.1 Å². The summed E-state index contributed by atoms with van der Waals surface area (Å²) in [5.41, 5.74) is 2.61. The molecule has 2 N–H and O–H groups in total. The normalized spacial score (nSPS) is 14.1. The number of aryl methyl sites for hydroxylation is 1. The second-order valence-corrected chi connectivity index (χ2v) is 7.83. The first kappa shape index (κ1) is 19.3. The van der Waals surface area contributed by atoms with E-state index in [0.717, 1.165) is 43.4 Å². The molecular weight excluding hydrogens is 368 g/mol. The fourth-order valence-corrected chi connectivity index (χ4v) is 3.84. The molecule has 3 aromatic rings. The van der Waals surface area contributed by atoms with Crippen molar-refractivity contribution in [2.75, 3.05) is 33.7 Å².